The molecule has 2 heterocycles. The monoisotopic (exact) mass is 807 g/mol. The van der Waals surface area contributed by atoms with E-state index in [0.29, 0.717) is 0 Å². The van der Waals surface area contributed by atoms with Gasteiger partial charge in [-0.15, -0.1) is 0 Å². The zero-order valence-corrected chi connectivity index (χ0v) is 36.2. The first-order valence-corrected chi connectivity index (χ1v) is 22.2. The van der Waals surface area contributed by atoms with E-state index in [1.54, 1.807) is 0 Å². The van der Waals surface area contributed by atoms with Crippen molar-refractivity contribution in [1.29, 1.82) is 0 Å². The van der Waals surface area contributed by atoms with Crippen LogP contribution in [0.15, 0.2) is 182 Å². The molecule has 0 aliphatic heterocycles. The van der Waals surface area contributed by atoms with Crippen LogP contribution in [-0.4, -0.2) is 14.4 Å². The fourth-order valence-corrected chi connectivity index (χ4v) is 11.8. The standard InChI is InChI=1S/C60H45N3/c1-58(2)47-21-13-11-19-42(47)44-27-23-37(31-50(44)58)53-35-63-54(38-24-28-45-43-20-12-14-22-48(43)60(5,52(45)32-38)40-16-7-6-8-17-40)34-61-57(63)56(62-53)39-25-29-46-51(33-39)59(3,4)49-30-26-36-15-9-10-18-41(36)55(46)49/h6-35H,1-5H3. The molecule has 10 aromatic rings. The maximum atomic E-state index is 5.61. The summed E-state index contributed by atoms with van der Waals surface area (Å²) in [5.41, 5.74) is 23.5. The van der Waals surface area contributed by atoms with E-state index >= 15 is 0 Å². The summed E-state index contributed by atoms with van der Waals surface area (Å²) in [5, 5.41) is 2.57. The van der Waals surface area contributed by atoms with E-state index in [1.165, 1.54) is 83.1 Å². The van der Waals surface area contributed by atoms with Gasteiger partial charge in [0, 0.05) is 39.1 Å². The highest BCUT2D eigenvalue weighted by Gasteiger charge is 2.41. The first-order valence-electron chi connectivity index (χ1n) is 22.2. The van der Waals surface area contributed by atoms with E-state index in [-0.39, 0.29) is 16.2 Å². The van der Waals surface area contributed by atoms with Gasteiger partial charge in [0.15, 0.2) is 5.65 Å². The van der Waals surface area contributed by atoms with Gasteiger partial charge in [0.2, 0.25) is 0 Å². The predicted molar refractivity (Wildman–Crippen MR) is 259 cm³/mol. The van der Waals surface area contributed by atoms with Crippen molar-refractivity contribution in [1.82, 2.24) is 14.4 Å². The van der Waals surface area contributed by atoms with Crippen LogP contribution in [0.3, 0.4) is 0 Å². The molecule has 13 rings (SSSR count). The number of imidazole rings is 1. The van der Waals surface area contributed by atoms with E-state index < -0.39 is 0 Å². The van der Waals surface area contributed by atoms with Gasteiger partial charge in [-0.1, -0.05) is 179 Å². The number of aromatic nitrogens is 3. The summed E-state index contributed by atoms with van der Waals surface area (Å²) in [5.74, 6) is 0. The molecule has 63 heavy (non-hydrogen) atoms. The largest absolute Gasteiger partial charge is 0.296 e. The molecule has 3 aliphatic carbocycles. The molecule has 0 bridgehead atoms. The Morgan fingerprint density at radius 2 is 1.03 bits per heavy atom. The van der Waals surface area contributed by atoms with Gasteiger partial charge >= 0.3 is 0 Å². The quantitative estimate of drug-likeness (QED) is 0.177. The van der Waals surface area contributed by atoms with Crippen molar-refractivity contribution in [3.05, 3.63) is 221 Å². The van der Waals surface area contributed by atoms with Gasteiger partial charge in [-0.3, -0.25) is 4.40 Å². The van der Waals surface area contributed by atoms with E-state index in [0.717, 1.165) is 39.4 Å². The van der Waals surface area contributed by atoms with Crippen LogP contribution in [0.4, 0.5) is 0 Å². The molecule has 0 fully saturated rings. The highest BCUT2D eigenvalue weighted by molar-refractivity contribution is 6.03. The van der Waals surface area contributed by atoms with Gasteiger partial charge in [0.1, 0.15) is 5.69 Å². The van der Waals surface area contributed by atoms with Crippen molar-refractivity contribution in [3.63, 3.8) is 0 Å². The SMILES string of the molecule is CC1(C)c2ccccc2-c2ccc(-c3cn4c(-c5ccc6c(c5)C(C)(c5ccccc5)c5ccccc5-6)cnc4c(-c4ccc5c(c4)C(C)(C)c4ccc6ccccc6c4-5)n3)cc21. The molecule has 2 aromatic heterocycles. The molecule has 3 aliphatic rings. The van der Waals surface area contributed by atoms with E-state index in [4.69, 9.17) is 9.97 Å². The predicted octanol–water partition coefficient (Wildman–Crippen LogP) is 14.8. The van der Waals surface area contributed by atoms with Crippen LogP contribution in [0.25, 0.3) is 83.6 Å². The maximum Gasteiger partial charge on any atom is 0.164 e. The summed E-state index contributed by atoms with van der Waals surface area (Å²) in [6.07, 6.45) is 4.27. The average molecular weight is 808 g/mol. The Morgan fingerprint density at radius 1 is 0.444 bits per heavy atom. The van der Waals surface area contributed by atoms with Crippen molar-refractivity contribution in [3.8, 4) is 67.2 Å². The minimum absolute atomic E-state index is 0.132. The summed E-state index contributed by atoms with van der Waals surface area (Å²) in [6, 6.07) is 63.1. The summed E-state index contributed by atoms with van der Waals surface area (Å²) < 4.78 is 2.30. The fraction of sp³-hybridized carbons (Fsp3) is 0.133. The third-order valence-electron chi connectivity index (χ3n) is 15.2. The second kappa shape index (κ2) is 12.6. The lowest BCUT2D eigenvalue weighted by Gasteiger charge is -2.28. The van der Waals surface area contributed by atoms with Crippen LogP contribution in [0.2, 0.25) is 0 Å². The summed E-state index contributed by atoms with van der Waals surface area (Å²) in [7, 11) is 0. The molecule has 3 nitrogen and oxygen atoms in total. The van der Waals surface area contributed by atoms with Crippen LogP contribution in [0, 0.1) is 0 Å². The first-order chi connectivity index (χ1) is 30.6. The second-order valence-electron chi connectivity index (χ2n) is 19.1. The molecule has 1 unspecified atom stereocenters. The highest BCUT2D eigenvalue weighted by Crippen LogP contribution is 2.55. The molecule has 0 spiro atoms. The van der Waals surface area contributed by atoms with E-state index in [9.17, 15) is 0 Å². The van der Waals surface area contributed by atoms with Gasteiger partial charge in [-0.2, -0.15) is 0 Å². The molecule has 0 saturated heterocycles. The molecule has 0 N–H and O–H groups in total. The number of hydrogen-bond acceptors (Lipinski definition) is 2. The minimum atomic E-state index is -0.309. The van der Waals surface area contributed by atoms with Crippen LogP contribution < -0.4 is 0 Å². The molecular weight excluding hydrogens is 763 g/mol. The number of fused-ring (bicyclic) bond motifs is 12. The molecule has 0 radical (unpaired) electrons. The molecule has 3 heteroatoms. The van der Waals surface area contributed by atoms with Crippen LogP contribution in [0.5, 0.6) is 0 Å². The van der Waals surface area contributed by atoms with Gasteiger partial charge in [-0.05, 0) is 108 Å². The van der Waals surface area contributed by atoms with Gasteiger partial charge < -0.3 is 0 Å². The topological polar surface area (TPSA) is 30.2 Å². The van der Waals surface area contributed by atoms with Crippen molar-refractivity contribution in [2.45, 2.75) is 50.9 Å². The number of benzene rings is 8. The normalized spacial score (nSPS) is 17.0. The van der Waals surface area contributed by atoms with Crippen molar-refractivity contribution < 1.29 is 0 Å². The summed E-state index contributed by atoms with van der Waals surface area (Å²) >= 11 is 0. The molecule has 0 saturated carbocycles. The summed E-state index contributed by atoms with van der Waals surface area (Å²) in [6.45, 7) is 11.8. The molecule has 1 atom stereocenters. The summed E-state index contributed by atoms with van der Waals surface area (Å²) in [4.78, 5) is 10.9. The van der Waals surface area contributed by atoms with E-state index in [1.807, 2.05) is 0 Å². The van der Waals surface area contributed by atoms with Gasteiger partial charge in [0.05, 0.1) is 17.6 Å². The van der Waals surface area contributed by atoms with Gasteiger partial charge in [0.25, 0.3) is 0 Å². The van der Waals surface area contributed by atoms with Crippen molar-refractivity contribution in [2.75, 3.05) is 0 Å². The number of rotatable bonds is 4. The first kappa shape index (κ1) is 36.3. The molecule has 300 valence electrons. The zero-order valence-electron chi connectivity index (χ0n) is 36.2. The molecule has 8 aromatic carbocycles. The Balaban J connectivity index is 1.03. The maximum absolute atomic E-state index is 5.61. The van der Waals surface area contributed by atoms with Crippen LogP contribution in [-0.2, 0) is 16.2 Å². The minimum Gasteiger partial charge on any atom is -0.296 e. The Bertz CT molecular complexity index is 3590. The second-order valence-corrected chi connectivity index (χ2v) is 19.1. The van der Waals surface area contributed by atoms with Crippen molar-refractivity contribution in [2.24, 2.45) is 0 Å². The third-order valence-corrected chi connectivity index (χ3v) is 15.2. The van der Waals surface area contributed by atoms with Crippen molar-refractivity contribution >= 4 is 16.4 Å². The third kappa shape index (κ3) is 4.85. The fourth-order valence-electron chi connectivity index (χ4n) is 11.8. The van der Waals surface area contributed by atoms with Crippen LogP contribution >= 0.6 is 0 Å². The lowest BCUT2D eigenvalue weighted by molar-refractivity contribution is 0.660. The number of hydrogen-bond donors (Lipinski definition) is 0. The Hall–Kier alpha value is -7.36. The number of nitrogens with zero attached hydrogens (tertiary/aromatic N) is 3. The Morgan fingerprint density at radius 3 is 1.86 bits per heavy atom. The van der Waals surface area contributed by atoms with Gasteiger partial charge in [-0.25, -0.2) is 9.97 Å². The lowest BCUT2D eigenvalue weighted by Crippen LogP contribution is -2.22. The smallest absolute Gasteiger partial charge is 0.164 e. The molecular formula is C60H45N3. The Labute approximate surface area is 368 Å². The van der Waals surface area contributed by atoms with Crippen LogP contribution in [0.1, 0.15) is 73.6 Å². The average Bonchev–Trinajstić information content (AvgIpc) is 4.00. The zero-order chi connectivity index (χ0) is 42.4. The lowest BCUT2D eigenvalue weighted by atomic mass is 9.74. The van der Waals surface area contributed by atoms with E-state index in [2.05, 4.69) is 221 Å². The Kier molecular flexibility index (Phi) is 7.27. The molecule has 0 amide bonds. The highest BCUT2D eigenvalue weighted by atomic mass is 15.0.